The van der Waals surface area contributed by atoms with Crippen molar-refractivity contribution in [3.05, 3.63) is 65.9 Å². The number of carbonyl (C=O) groups excluding carboxylic acids is 1. The second kappa shape index (κ2) is 7.00. The molecule has 0 fully saturated rings. The van der Waals surface area contributed by atoms with Crippen LogP contribution in [0.15, 0.2) is 54.7 Å². The Morgan fingerprint density at radius 3 is 2.71 bits per heavy atom. The highest BCUT2D eigenvalue weighted by molar-refractivity contribution is 5.92. The van der Waals surface area contributed by atoms with Crippen LogP contribution >= 0.6 is 0 Å². The van der Waals surface area contributed by atoms with Gasteiger partial charge in [-0.2, -0.15) is 0 Å². The molecule has 1 heterocycles. The summed E-state index contributed by atoms with van der Waals surface area (Å²) >= 11 is 0. The lowest BCUT2D eigenvalue weighted by Gasteiger charge is -2.12. The Labute approximate surface area is 139 Å². The van der Waals surface area contributed by atoms with Gasteiger partial charge in [-0.05, 0) is 18.2 Å². The summed E-state index contributed by atoms with van der Waals surface area (Å²) < 4.78 is 15.9. The standard InChI is InChI=1S/C19H17NO4/c1-22-15-8-9-16(19(21)23-2)17(11-15)24-12-14-6-3-5-13-7-4-10-20-18(13)14/h3-11H,12H2,1-2H3. The number of esters is 1. The monoisotopic (exact) mass is 323 g/mol. The van der Waals surface area contributed by atoms with E-state index in [-0.39, 0.29) is 6.61 Å². The fourth-order valence-corrected chi connectivity index (χ4v) is 2.47. The fraction of sp³-hybridized carbons (Fsp3) is 0.158. The van der Waals surface area contributed by atoms with Crippen molar-refractivity contribution in [1.82, 2.24) is 4.98 Å². The maximum atomic E-state index is 11.9. The Morgan fingerprint density at radius 2 is 1.92 bits per heavy atom. The lowest BCUT2D eigenvalue weighted by atomic mass is 10.1. The molecule has 0 saturated heterocycles. The first kappa shape index (κ1) is 15.8. The number of aromatic nitrogens is 1. The van der Waals surface area contributed by atoms with E-state index in [0.717, 1.165) is 16.5 Å². The van der Waals surface area contributed by atoms with Gasteiger partial charge in [0.05, 0.1) is 19.7 Å². The predicted molar refractivity (Wildman–Crippen MR) is 90.4 cm³/mol. The molecule has 0 unspecified atom stereocenters. The maximum Gasteiger partial charge on any atom is 0.341 e. The van der Waals surface area contributed by atoms with Crippen molar-refractivity contribution in [3.8, 4) is 11.5 Å². The average molecular weight is 323 g/mol. The van der Waals surface area contributed by atoms with Crippen LogP contribution in [-0.4, -0.2) is 25.2 Å². The van der Waals surface area contributed by atoms with Crippen LogP contribution in [0.25, 0.3) is 10.9 Å². The number of fused-ring (bicyclic) bond motifs is 1. The molecule has 1 aromatic heterocycles. The fourth-order valence-electron chi connectivity index (χ4n) is 2.47. The number of nitrogens with zero attached hydrogens (tertiary/aromatic N) is 1. The highest BCUT2D eigenvalue weighted by atomic mass is 16.5. The van der Waals surface area contributed by atoms with Crippen molar-refractivity contribution in [2.45, 2.75) is 6.61 Å². The van der Waals surface area contributed by atoms with Gasteiger partial charge in [-0.25, -0.2) is 4.79 Å². The zero-order valence-corrected chi connectivity index (χ0v) is 13.5. The van der Waals surface area contributed by atoms with Crippen LogP contribution in [0.4, 0.5) is 0 Å². The molecule has 0 aliphatic carbocycles. The topological polar surface area (TPSA) is 57.7 Å². The van der Waals surface area contributed by atoms with Gasteiger partial charge in [-0.3, -0.25) is 4.98 Å². The van der Waals surface area contributed by atoms with Gasteiger partial charge in [-0.1, -0.05) is 24.3 Å². The maximum absolute atomic E-state index is 11.9. The second-order valence-corrected chi connectivity index (χ2v) is 5.13. The molecule has 0 radical (unpaired) electrons. The summed E-state index contributed by atoms with van der Waals surface area (Å²) in [5.41, 5.74) is 2.17. The molecular formula is C19H17NO4. The van der Waals surface area contributed by atoms with E-state index in [9.17, 15) is 4.79 Å². The summed E-state index contributed by atoms with van der Waals surface area (Å²) in [6, 6.07) is 14.8. The third kappa shape index (κ3) is 3.15. The lowest BCUT2D eigenvalue weighted by Crippen LogP contribution is -2.06. The highest BCUT2D eigenvalue weighted by Crippen LogP contribution is 2.27. The summed E-state index contributed by atoms with van der Waals surface area (Å²) in [6.07, 6.45) is 1.75. The SMILES string of the molecule is COC(=O)c1ccc(OC)cc1OCc1cccc2cccnc12. The largest absolute Gasteiger partial charge is 0.497 e. The molecule has 0 bridgehead atoms. The molecule has 0 atom stereocenters. The molecule has 122 valence electrons. The smallest absolute Gasteiger partial charge is 0.341 e. The third-order valence-corrected chi connectivity index (χ3v) is 3.69. The first-order valence-corrected chi connectivity index (χ1v) is 7.44. The number of hydrogen-bond donors (Lipinski definition) is 0. The minimum Gasteiger partial charge on any atom is -0.497 e. The van der Waals surface area contributed by atoms with Gasteiger partial charge in [0.2, 0.25) is 0 Å². The van der Waals surface area contributed by atoms with Crippen molar-refractivity contribution in [2.75, 3.05) is 14.2 Å². The van der Waals surface area contributed by atoms with Gasteiger partial charge in [0.25, 0.3) is 0 Å². The molecule has 5 nitrogen and oxygen atoms in total. The van der Waals surface area contributed by atoms with Crippen LogP contribution in [0.3, 0.4) is 0 Å². The molecule has 0 N–H and O–H groups in total. The first-order valence-electron chi connectivity index (χ1n) is 7.44. The van der Waals surface area contributed by atoms with Crippen LogP contribution in [0, 0.1) is 0 Å². The number of methoxy groups -OCH3 is 2. The van der Waals surface area contributed by atoms with Crippen LogP contribution in [0.1, 0.15) is 15.9 Å². The summed E-state index contributed by atoms with van der Waals surface area (Å²) in [5, 5.41) is 1.04. The van der Waals surface area contributed by atoms with Crippen molar-refractivity contribution in [2.24, 2.45) is 0 Å². The summed E-state index contributed by atoms with van der Waals surface area (Å²) in [7, 11) is 2.90. The van der Waals surface area contributed by atoms with Gasteiger partial charge >= 0.3 is 5.97 Å². The van der Waals surface area contributed by atoms with Crippen LogP contribution in [0.2, 0.25) is 0 Å². The normalized spacial score (nSPS) is 10.4. The van der Waals surface area contributed by atoms with Gasteiger partial charge < -0.3 is 14.2 Å². The molecule has 0 aliphatic heterocycles. The van der Waals surface area contributed by atoms with Gasteiger partial charge in [0.15, 0.2) is 0 Å². The summed E-state index contributed by atoms with van der Waals surface area (Å²) in [5.74, 6) is 0.562. The zero-order chi connectivity index (χ0) is 16.9. The molecule has 3 aromatic rings. The Balaban J connectivity index is 1.91. The average Bonchev–Trinajstić information content (AvgIpc) is 2.65. The lowest BCUT2D eigenvalue weighted by molar-refractivity contribution is 0.0595. The zero-order valence-electron chi connectivity index (χ0n) is 13.5. The highest BCUT2D eigenvalue weighted by Gasteiger charge is 2.15. The van der Waals surface area contributed by atoms with Crippen molar-refractivity contribution < 1.29 is 19.0 Å². The predicted octanol–water partition coefficient (Wildman–Crippen LogP) is 3.61. The van der Waals surface area contributed by atoms with E-state index < -0.39 is 5.97 Å². The number of rotatable bonds is 5. The van der Waals surface area contributed by atoms with E-state index in [0.29, 0.717) is 17.1 Å². The Hall–Kier alpha value is -3.08. The summed E-state index contributed by atoms with van der Waals surface area (Å²) in [6.45, 7) is 0.283. The van der Waals surface area contributed by atoms with E-state index in [2.05, 4.69) is 4.98 Å². The summed E-state index contributed by atoms with van der Waals surface area (Å²) in [4.78, 5) is 16.3. The van der Waals surface area contributed by atoms with E-state index in [4.69, 9.17) is 14.2 Å². The van der Waals surface area contributed by atoms with Crippen LogP contribution in [-0.2, 0) is 11.3 Å². The third-order valence-electron chi connectivity index (χ3n) is 3.69. The molecule has 0 amide bonds. The van der Waals surface area contributed by atoms with Gasteiger partial charge in [-0.15, -0.1) is 0 Å². The second-order valence-electron chi connectivity index (χ2n) is 5.13. The molecule has 2 aromatic carbocycles. The number of carbonyl (C=O) groups is 1. The Morgan fingerprint density at radius 1 is 1.08 bits per heavy atom. The number of ether oxygens (including phenoxy) is 3. The quantitative estimate of drug-likeness (QED) is 0.671. The number of benzene rings is 2. The van der Waals surface area contributed by atoms with Gasteiger partial charge in [0.1, 0.15) is 23.7 Å². The number of pyridine rings is 1. The molecule has 0 saturated carbocycles. The van der Waals surface area contributed by atoms with Gasteiger partial charge in [0, 0.05) is 23.2 Å². The minimum absolute atomic E-state index is 0.283. The van der Waals surface area contributed by atoms with Crippen molar-refractivity contribution in [3.63, 3.8) is 0 Å². The van der Waals surface area contributed by atoms with E-state index in [1.54, 1.807) is 31.5 Å². The Bertz CT molecular complexity index is 871. The van der Waals surface area contributed by atoms with Crippen molar-refractivity contribution in [1.29, 1.82) is 0 Å². The van der Waals surface area contributed by atoms with E-state index in [1.165, 1.54) is 7.11 Å². The molecule has 5 heteroatoms. The molecule has 24 heavy (non-hydrogen) atoms. The molecular weight excluding hydrogens is 306 g/mol. The molecule has 3 rings (SSSR count). The van der Waals surface area contributed by atoms with E-state index in [1.807, 2.05) is 30.3 Å². The number of para-hydroxylation sites is 1. The first-order chi connectivity index (χ1) is 11.7. The molecule has 0 spiro atoms. The minimum atomic E-state index is -0.455. The Kier molecular flexibility index (Phi) is 4.61. The van der Waals surface area contributed by atoms with Crippen LogP contribution in [0.5, 0.6) is 11.5 Å². The van der Waals surface area contributed by atoms with E-state index >= 15 is 0 Å². The van der Waals surface area contributed by atoms with Crippen LogP contribution < -0.4 is 9.47 Å². The van der Waals surface area contributed by atoms with Crippen molar-refractivity contribution >= 4 is 16.9 Å². The molecule has 0 aliphatic rings. The number of hydrogen-bond acceptors (Lipinski definition) is 5.